The minimum Gasteiger partial charge on any atom is -0.479 e. The molecule has 10 rings (SSSR count). The van der Waals surface area contributed by atoms with E-state index in [9.17, 15) is 81.4 Å². The Bertz CT molecular complexity index is 2380. The molecule has 0 aromatic carbocycles. The lowest BCUT2D eigenvalue weighted by molar-refractivity contribution is -0.410. The summed E-state index contributed by atoms with van der Waals surface area (Å²) in [6, 6.07) is 0. The van der Waals surface area contributed by atoms with Gasteiger partial charge in [0.05, 0.1) is 38.1 Å². The van der Waals surface area contributed by atoms with Gasteiger partial charge in [-0.1, -0.05) is 67.0 Å². The third-order valence-electron chi connectivity index (χ3n) is 23.2. The van der Waals surface area contributed by atoms with Crippen LogP contribution in [0.5, 0.6) is 0 Å². The number of hydrogen-bond acceptors (Lipinski definition) is 25. The van der Waals surface area contributed by atoms with Crippen LogP contribution < -0.4 is 0 Å². The molecule has 33 atom stereocenters. The molecule has 9 fully saturated rings. The van der Waals surface area contributed by atoms with E-state index in [2.05, 4.69) is 61.5 Å². The molecule has 26 heteroatoms. The van der Waals surface area contributed by atoms with Gasteiger partial charge in [0, 0.05) is 5.41 Å². The van der Waals surface area contributed by atoms with Crippen molar-refractivity contribution in [1.82, 2.24) is 0 Å². The van der Waals surface area contributed by atoms with Crippen molar-refractivity contribution in [3.05, 3.63) is 11.6 Å². The quantitative estimate of drug-likeness (QED) is 0.0702. The van der Waals surface area contributed by atoms with Gasteiger partial charge in [0.15, 0.2) is 37.6 Å². The van der Waals surface area contributed by atoms with E-state index in [1.165, 1.54) is 12.5 Å². The van der Waals surface area contributed by atoms with Gasteiger partial charge >= 0.3 is 5.97 Å². The van der Waals surface area contributed by atoms with Crippen LogP contribution >= 0.6 is 0 Å². The smallest absolute Gasteiger partial charge is 0.335 e. The first-order chi connectivity index (χ1) is 39.7. The number of hydrogen-bond donors (Lipinski definition) is 15. The Labute approximate surface area is 494 Å². The van der Waals surface area contributed by atoms with Crippen molar-refractivity contribution in [2.45, 2.75) is 280 Å². The summed E-state index contributed by atoms with van der Waals surface area (Å²) in [5.74, 6) is -1.26. The van der Waals surface area contributed by atoms with Gasteiger partial charge in [-0.25, -0.2) is 4.79 Å². The summed E-state index contributed by atoms with van der Waals surface area (Å²) < 4.78 is 61.7. The molecule has 5 heterocycles. The minimum absolute atomic E-state index is 0.0184. The Kier molecular flexibility index (Phi) is 18.7. The molecule has 0 radical (unpaired) electrons. The van der Waals surface area contributed by atoms with Gasteiger partial charge in [-0.15, -0.1) is 0 Å². The summed E-state index contributed by atoms with van der Waals surface area (Å²) in [5.41, 5.74) is -0.325. The van der Waals surface area contributed by atoms with E-state index in [0.29, 0.717) is 12.8 Å². The molecule has 26 nitrogen and oxygen atoms in total. The van der Waals surface area contributed by atoms with Crippen LogP contribution in [0.3, 0.4) is 0 Å². The van der Waals surface area contributed by atoms with E-state index in [1.807, 2.05) is 0 Å². The monoisotopic (exact) mass is 1220 g/mol. The second-order valence-electron chi connectivity index (χ2n) is 28.9. The zero-order valence-electron chi connectivity index (χ0n) is 50.0. The lowest BCUT2D eigenvalue weighted by Gasteiger charge is -2.72. The molecule has 0 aromatic heterocycles. The van der Waals surface area contributed by atoms with Crippen LogP contribution in [0, 0.1) is 50.2 Å². The summed E-state index contributed by atoms with van der Waals surface area (Å²) in [5, 5.41) is 163. The highest BCUT2D eigenvalue weighted by Gasteiger charge is 2.70. The highest BCUT2D eigenvalue weighted by atomic mass is 16.8. The van der Waals surface area contributed by atoms with Crippen LogP contribution in [0.2, 0.25) is 0 Å². The summed E-state index contributed by atoms with van der Waals surface area (Å²) >= 11 is 0. The fraction of sp³-hybridized carbons (Fsp3) is 0.949. The lowest BCUT2D eigenvalue weighted by Crippen LogP contribution is -2.69. The van der Waals surface area contributed by atoms with E-state index < -0.39 is 178 Å². The number of ether oxygens (including phenoxy) is 10. The maximum absolute atomic E-state index is 12.8. The SMILES string of the molecule is C[C@@H]1O[C@@H](O[C@H]2[C@H](O[C@H]3[C@H](O[C@H]4CC[C@]5(C)[C@H]6CC=C7[C@@H]8CC(C)(C)C[C@@H](O[C@@H]9OC[C@@H](O)[C@H](O)[C@@H]9O)[C@]8(C)CC[C@@]7(C)[C@]6(C)CC[C@H]5C4(C)C)O[C@H](C(=O)O)[C@@H](O)[C@@H]3O)O[C@H](CO)[C@H](O)[C@@H]2O[C@@H]2O[C@H](CO)[C@@H](O)[C@H](O)[C@H]2O)[C@H](O)[C@H](O)[C@H]1O. The molecule has 0 unspecified atom stereocenters. The van der Waals surface area contributed by atoms with Crippen molar-refractivity contribution in [3.63, 3.8) is 0 Å². The Balaban J connectivity index is 0.927. The number of fused-ring (bicyclic) bond motifs is 7. The molecule has 15 N–H and O–H groups in total. The fourth-order valence-electron chi connectivity index (χ4n) is 17.8. The average Bonchev–Trinajstić information content (AvgIpc) is 0.688. The molecule has 85 heavy (non-hydrogen) atoms. The maximum Gasteiger partial charge on any atom is 0.335 e. The third kappa shape index (κ3) is 11.1. The zero-order chi connectivity index (χ0) is 62.2. The molecular weight excluding hydrogens is 1120 g/mol. The van der Waals surface area contributed by atoms with Crippen molar-refractivity contribution >= 4 is 5.97 Å². The predicted molar refractivity (Wildman–Crippen MR) is 288 cm³/mol. The van der Waals surface area contributed by atoms with Crippen molar-refractivity contribution in [2.75, 3.05) is 19.8 Å². The molecule has 0 spiro atoms. The van der Waals surface area contributed by atoms with Gasteiger partial charge in [-0.3, -0.25) is 0 Å². The first-order valence-electron chi connectivity index (χ1n) is 30.5. The summed E-state index contributed by atoms with van der Waals surface area (Å²) in [4.78, 5) is 12.8. The van der Waals surface area contributed by atoms with Crippen molar-refractivity contribution < 1.29 is 129 Å². The summed E-state index contributed by atoms with van der Waals surface area (Å²) in [7, 11) is 0. The number of rotatable bonds is 13. The Morgan fingerprint density at radius 3 is 1.76 bits per heavy atom. The van der Waals surface area contributed by atoms with Crippen molar-refractivity contribution in [3.8, 4) is 0 Å². The normalized spacial score (nSPS) is 55.0. The topological polar surface area (TPSA) is 413 Å². The van der Waals surface area contributed by atoms with E-state index >= 15 is 0 Å². The van der Waals surface area contributed by atoms with Crippen molar-refractivity contribution in [2.24, 2.45) is 50.2 Å². The number of carboxylic acid groups (broad SMARTS) is 1. The average molecular weight is 1220 g/mol. The van der Waals surface area contributed by atoms with Gasteiger partial charge in [-0.05, 0) is 110 Å². The molecule has 5 saturated heterocycles. The van der Waals surface area contributed by atoms with E-state index in [-0.39, 0.29) is 57.5 Å². The Morgan fingerprint density at radius 2 is 1.11 bits per heavy atom. The van der Waals surface area contributed by atoms with Crippen LogP contribution in [0.4, 0.5) is 0 Å². The van der Waals surface area contributed by atoms with Crippen LogP contribution in [0.1, 0.15) is 120 Å². The molecule has 5 aliphatic carbocycles. The van der Waals surface area contributed by atoms with Gasteiger partial charge in [0.2, 0.25) is 0 Å². The zero-order valence-corrected chi connectivity index (χ0v) is 50.0. The largest absolute Gasteiger partial charge is 0.479 e. The highest BCUT2D eigenvalue weighted by Crippen LogP contribution is 2.76. The highest BCUT2D eigenvalue weighted by molar-refractivity contribution is 5.73. The van der Waals surface area contributed by atoms with E-state index in [1.54, 1.807) is 0 Å². The predicted octanol–water partition coefficient (Wildman–Crippen LogP) is -1.98. The summed E-state index contributed by atoms with van der Waals surface area (Å²) in [6.07, 6.45) is -34.0. The Hall–Kier alpha value is -1.75. The molecule has 4 saturated carbocycles. The third-order valence-corrected chi connectivity index (χ3v) is 23.2. The number of allylic oxidation sites excluding steroid dienone is 2. The number of carbonyl (C=O) groups is 1. The van der Waals surface area contributed by atoms with E-state index in [4.69, 9.17) is 47.4 Å². The van der Waals surface area contributed by atoms with Gasteiger partial charge in [-0.2, -0.15) is 0 Å². The summed E-state index contributed by atoms with van der Waals surface area (Å²) in [6.45, 7) is 17.6. The number of aliphatic hydroxyl groups excluding tert-OH is 14. The van der Waals surface area contributed by atoms with Gasteiger partial charge in [0.1, 0.15) is 104 Å². The number of carboxylic acids is 1. The second-order valence-corrected chi connectivity index (χ2v) is 28.9. The van der Waals surface area contributed by atoms with Gasteiger partial charge in [0.25, 0.3) is 0 Å². The molecular formula is C59H96O26. The fourth-order valence-corrected chi connectivity index (χ4v) is 17.8. The van der Waals surface area contributed by atoms with Gasteiger partial charge < -0.3 is 124 Å². The molecule has 0 bridgehead atoms. The second kappa shape index (κ2) is 24.1. The first kappa shape index (κ1) is 66.2. The lowest BCUT2D eigenvalue weighted by atomic mass is 9.33. The van der Waals surface area contributed by atoms with Crippen molar-refractivity contribution in [1.29, 1.82) is 0 Å². The minimum atomic E-state index is -2.16. The molecule has 5 aliphatic heterocycles. The van der Waals surface area contributed by atoms with E-state index in [0.717, 1.165) is 44.9 Å². The standard InChI is InChI=1S/C59H96O26/c1-23-33(63)37(67)42(72)50(77-23)85-47-44(82-51-43(73)38(68)35(65)27(20-60)78-51)36(66)28(21-61)79-53(47)84-46-40(70)39(69)45(48(74)75)83-52(46)80-31-13-14-57(7)29(55(31,4)5)12-15-59(9)30(57)11-10-24-25-18-54(2,3)19-32(56(25,6)16-17-58(24,59)8)81-49-41(71)34(64)26(62)22-76-49/h10,23,25-47,49-53,60-73H,11-22H2,1-9H3,(H,74,75)/t23-,25-,26+,27+,28+,29-,30+,31-,32+,33-,34-,35+,36-,37+,38-,39-,40-,41-,42+,43+,44-,45-,46+,47+,49-,50-,51-,52+,53-,56+,57-,58+,59+/m0/s1. The molecule has 0 aromatic rings. The number of aliphatic carboxylic acids is 1. The van der Waals surface area contributed by atoms with Crippen LogP contribution in [0.25, 0.3) is 0 Å². The Morgan fingerprint density at radius 1 is 0.529 bits per heavy atom. The first-order valence-corrected chi connectivity index (χ1v) is 30.5. The van der Waals surface area contributed by atoms with Crippen LogP contribution in [-0.4, -0.2) is 262 Å². The molecule has 488 valence electrons. The van der Waals surface area contributed by atoms with Crippen LogP contribution in [-0.2, 0) is 52.2 Å². The molecule has 10 aliphatic rings. The molecule has 0 amide bonds. The van der Waals surface area contributed by atoms with Crippen LogP contribution in [0.15, 0.2) is 11.6 Å². The number of aliphatic hydroxyl groups is 14. The maximum atomic E-state index is 12.8.